The van der Waals surface area contributed by atoms with Crippen molar-refractivity contribution in [2.24, 2.45) is 0 Å². The highest BCUT2D eigenvalue weighted by Crippen LogP contribution is 2.34. The van der Waals surface area contributed by atoms with E-state index in [1.165, 1.54) is 29.2 Å². The number of likely N-dealkylation sites (N-methyl/N-ethyl adjacent to an activating group) is 1. The molecule has 2 heterocycles. The maximum absolute atomic E-state index is 13.1. The first-order valence-electron chi connectivity index (χ1n) is 12.5. The molecule has 0 atom stereocenters. The Kier molecular flexibility index (Phi) is 8.75. The number of Topliss-reactive ketones (excluding diaryl/α,β-unsaturated/α-hetero) is 1. The van der Waals surface area contributed by atoms with Gasteiger partial charge in [0.2, 0.25) is 0 Å². The highest BCUT2D eigenvalue weighted by atomic mass is 19.1. The zero-order valence-corrected chi connectivity index (χ0v) is 21.4. The third kappa shape index (κ3) is 6.57. The number of nitrogens with one attached hydrogen (secondary N) is 1. The summed E-state index contributed by atoms with van der Waals surface area (Å²) in [5.41, 5.74) is 0.734. The van der Waals surface area contributed by atoms with Crippen LogP contribution in [0.2, 0.25) is 0 Å². The summed E-state index contributed by atoms with van der Waals surface area (Å²) in [5, 5.41) is 2.84. The van der Waals surface area contributed by atoms with Crippen LogP contribution in [0.3, 0.4) is 0 Å². The average Bonchev–Trinajstić information content (AvgIpc) is 3.41. The van der Waals surface area contributed by atoms with E-state index >= 15 is 0 Å². The number of benzene rings is 2. The van der Waals surface area contributed by atoms with Gasteiger partial charge >= 0.3 is 0 Å². The third-order valence-corrected chi connectivity index (χ3v) is 6.21. The Bertz CT molecular complexity index is 1290. The van der Waals surface area contributed by atoms with Crippen LogP contribution in [0.25, 0.3) is 0 Å². The summed E-state index contributed by atoms with van der Waals surface area (Å²) in [5.74, 6) is 0.0146. The standard InChI is InChI=1S/C28H30FN3O6/c1-3-31(4-2)14-13-30-28(35)26-12-10-22(38-26)16-32-23-15-19(5-11-25(23)37-18-27(32)34)24(33)17-36-21-8-6-20(29)7-9-21/h5-12,15H,3-4,13-14,16-18H2,1-2H3,(H,30,35). The first-order valence-corrected chi connectivity index (χ1v) is 12.5. The first-order chi connectivity index (χ1) is 18.4. The number of furan rings is 1. The van der Waals surface area contributed by atoms with Crippen molar-refractivity contribution in [2.45, 2.75) is 20.4 Å². The van der Waals surface area contributed by atoms with E-state index in [9.17, 15) is 18.8 Å². The number of rotatable bonds is 12. The summed E-state index contributed by atoms with van der Waals surface area (Å²) in [7, 11) is 0. The molecule has 0 fully saturated rings. The van der Waals surface area contributed by atoms with Crippen molar-refractivity contribution in [1.82, 2.24) is 10.2 Å². The molecule has 1 aliphatic rings. The minimum Gasteiger partial charge on any atom is -0.485 e. The van der Waals surface area contributed by atoms with E-state index in [0.717, 1.165) is 19.6 Å². The van der Waals surface area contributed by atoms with E-state index in [-0.39, 0.29) is 43.1 Å². The van der Waals surface area contributed by atoms with Crippen LogP contribution in [0.15, 0.2) is 59.0 Å². The number of ether oxygens (including phenoxy) is 2. The summed E-state index contributed by atoms with van der Waals surface area (Å²) in [6.45, 7) is 6.81. The molecule has 0 radical (unpaired) electrons. The van der Waals surface area contributed by atoms with Crippen molar-refractivity contribution >= 4 is 23.3 Å². The van der Waals surface area contributed by atoms with E-state index in [4.69, 9.17) is 13.9 Å². The van der Waals surface area contributed by atoms with Gasteiger partial charge in [-0.1, -0.05) is 13.8 Å². The molecule has 1 aromatic heterocycles. The molecule has 200 valence electrons. The monoisotopic (exact) mass is 523 g/mol. The number of anilines is 1. The Morgan fingerprint density at radius 1 is 1.08 bits per heavy atom. The van der Waals surface area contributed by atoms with Gasteiger partial charge in [-0.3, -0.25) is 19.3 Å². The Labute approximate surface area is 220 Å². The van der Waals surface area contributed by atoms with Crippen LogP contribution in [-0.2, 0) is 11.3 Å². The van der Waals surface area contributed by atoms with Crippen LogP contribution in [0.1, 0.15) is 40.5 Å². The Morgan fingerprint density at radius 3 is 2.58 bits per heavy atom. The zero-order chi connectivity index (χ0) is 27.1. The molecule has 1 aliphatic heterocycles. The second-order valence-corrected chi connectivity index (χ2v) is 8.67. The number of nitrogens with zero attached hydrogens (tertiary/aromatic N) is 2. The summed E-state index contributed by atoms with van der Waals surface area (Å²) in [6.07, 6.45) is 0. The van der Waals surface area contributed by atoms with Crippen LogP contribution in [0.5, 0.6) is 11.5 Å². The predicted molar refractivity (Wildman–Crippen MR) is 138 cm³/mol. The third-order valence-electron chi connectivity index (χ3n) is 6.21. The molecule has 3 aromatic rings. The topological polar surface area (TPSA) is 101 Å². The van der Waals surface area contributed by atoms with E-state index in [1.807, 2.05) is 0 Å². The van der Waals surface area contributed by atoms with Gasteiger partial charge in [0.15, 0.2) is 24.8 Å². The fraction of sp³-hybridized carbons (Fsp3) is 0.321. The van der Waals surface area contributed by atoms with Crippen LogP contribution in [0, 0.1) is 5.82 Å². The largest absolute Gasteiger partial charge is 0.485 e. The fourth-order valence-corrected chi connectivity index (χ4v) is 4.01. The number of carbonyl (C=O) groups excluding carboxylic acids is 3. The van der Waals surface area contributed by atoms with Crippen molar-refractivity contribution in [3.63, 3.8) is 0 Å². The Morgan fingerprint density at radius 2 is 1.84 bits per heavy atom. The SMILES string of the molecule is CCN(CC)CCNC(=O)c1ccc(CN2C(=O)COc3ccc(C(=O)COc4ccc(F)cc4)cc32)o1. The van der Waals surface area contributed by atoms with Gasteiger partial charge in [0, 0.05) is 18.7 Å². The summed E-state index contributed by atoms with van der Waals surface area (Å²) < 4.78 is 29.8. The van der Waals surface area contributed by atoms with Gasteiger partial charge in [0.1, 0.15) is 23.1 Å². The van der Waals surface area contributed by atoms with Gasteiger partial charge in [0.05, 0.1) is 12.2 Å². The number of hydrogen-bond acceptors (Lipinski definition) is 7. The smallest absolute Gasteiger partial charge is 0.287 e. The average molecular weight is 524 g/mol. The zero-order valence-electron chi connectivity index (χ0n) is 21.4. The van der Waals surface area contributed by atoms with Crippen LogP contribution >= 0.6 is 0 Å². The molecule has 0 bridgehead atoms. The van der Waals surface area contributed by atoms with Gasteiger partial charge in [-0.05, 0) is 67.7 Å². The quantitative estimate of drug-likeness (QED) is 0.362. The molecule has 1 N–H and O–H groups in total. The molecule has 0 saturated heterocycles. The normalized spacial score (nSPS) is 12.7. The van der Waals surface area contributed by atoms with E-state index in [0.29, 0.717) is 35.1 Å². The van der Waals surface area contributed by atoms with Crippen molar-refractivity contribution in [2.75, 3.05) is 44.3 Å². The first kappa shape index (κ1) is 26.9. The van der Waals surface area contributed by atoms with E-state index in [1.54, 1.807) is 30.3 Å². The Hall–Kier alpha value is -4.18. The second-order valence-electron chi connectivity index (χ2n) is 8.67. The van der Waals surface area contributed by atoms with Crippen molar-refractivity contribution in [1.29, 1.82) is 0 Å². The van der Waals surface area contributed by atoms with Crippen LogP contribution in [0.4, 0.5) is 10.1 Å². The molecule has 9 nitrogen and oxygen atoms in total. The van der Waals surface area contributed by atoms with Crippen LogP contribution in [-0.4, -0.2) is 61.9 Å². The molecule has 10 heteroatoms. The van der Waals surface area contributed by atoms with Gasteiger partial charge < -0.3 is 24.1 Å². The molecule has 0 unspecified atom stereocenters. The van der Waals surface area contributed by atoms with Crippen LogP contribution < -0.4 is 19.7 Å². The second kappa shape index (κ2) is 12.4. The minimum absolute atomic E-state index is 0.0612. The van der Waals surface area contributed by atoms with Gasteiger partial charge in [-0.15, -0.1) is 0 Å². The number of halogens is 1. The predicted octanol–water partition coefficient (Wildman–Crippen LogP) is 3.68. The van der Waals surface area contributed by atoms with Crippen molar-refractivity contribution in [3.05, 3.63) is 77.5 Å². The number of amides is 2. The number of carbonyl (C=O) groups is 3. The van der Waals surface area contributed by atoms with E-state index in [2.05, 4.69) is 24.1 Å². The molecule has 0 aliphatic carbocycles. The maximum atomic E-state index is 13.1. The lowest BCUT2D eigenvalue weighted by atomic mass is 10.1. The molecule has 0 saturated carbocycles. The van der Waals surface area contributed by atoms with E-state index < -0.39 is 5.82 Å². The molecule has 38 heavy (non-hydrogen) atoms. The summed E-state index contributed by atoms with van der Waals surface area (Å²) in [4.78, 5) is 41.6. The van der Waals surface area contributed by atoms with Crippen molar-refractivity contribution in [3.8, 4) is 11.5 Å². The molecule has 2 amide bonds. The molecule has 2 aromatic carbocycles. The fourth-order valence-electron chi connectivity index (χ4n) is 4.01. The lowest BCUT2D eigenvalue weighted by Crippen LogP contribution is -2.38. The van der Waals surface area contributed by atoms with Gasteiger partial charge in [-0.2, -0.15) is 0 Å². The van der Waals surface area contributed by atoms with Gasteiger partial charge in [0.25, 0.3) is 11.8 Å². The number of fused-ring (bicyclic) bond motifs is 1. The Balaban J connectivity index is 1.42. The summed E-state index contributed by atoms with van der Waals surface area (Å²) in [6, 6.07) is 13.4. The number of ketones is 1. The molecular weight excluding hydrogens is 493 g/mol. The lowest BCUT2D eigenvalue weighted by molar-refractivity contribution is -0.121. The molecule has 0 spiro atoms. The minimum atomic E-state index is -0.400. The highest BCUT2D eigenvalue weighted by molar-refractivity contribution is 6.02. The van der Waals surface area contributed by atoms with Crippen molar-refractivity contribution < 1.29 is 32.7 Å². The maximum Gasteiger partial charge on any atom is 0.287 e. The molecule has 4 rings (SSSR count). The number of hydrogen-bond donors (Lipinski definition) is 1. The highest BCUT2D eigenvalue weighted by Gasteiger charge is 2.28. The lowest BCUT2D eigenvalue weighted by Gasteiger charge is -2.29. The summed E-state index contributed by atoms with van der Waals surface area (Å²) >= 11 is 0. The van der Waals surface area contributed by atoms with Gasteiger partial charge in [-0.25, -0.2) is 4.39 Å². The molecular formula is C28H30FN3O6.